The second-order valence-electron chi connectivity index (χ2n) is 3.89. The Kier molecular flexibility index (Phi) is 4.66. The molecule has 0 aliphatic carbocycles. The molecule has 0 spiro atoms. The normalized spacial score (nSPS) is 11.6. The molecule has 19 heavy (non-hydrogen) atoms. The van der Waals surface area contributed by atoms with Gasteiger partial charge in [-0.25, -0.2) is 10.8 Å². The average Bonchev–Trinajstić information content (AvgIpc) is 2.46. The molecule has 6 heteroatoms. The maximum atomic E-state index is 5.45. The molecule has 0 unspecified atom stereocenters. The summed E-state index contributed by atoms with van der Waals surface area (Å²) >= 11 is 0. The van der Waals surface area contributed by atoms with Gasteiger partial charge in [-0.2, -0.15) is 0 Å². The monoisotopic (exact) mass is 259 g/mol. The van der Waals surface area contributed by atoms with E-state index in [1.165, 1.54) is 0 Å². The number of rotatable bonds is 4. The summed E-state index contributed by atoms with van der Waals surface area (Å²) in [5, 5.41) is 5.28. The predicted octanol–water partition coefficient (Wildman–Crippen LogP) is 1.11. The number of nitrogens with two attached hydrogens (primary N) is 1. The van der Waals surface area contributed by atoms with Crippen LogP contribution in [0.3, 0.4) is 0 Å². The van der Waals surface area contributed by atoms with E-state index in [2.05, 4.69) is 20.7 Å². The highest BCUT2D eigenvalue weighted by atomic mass is 16.5. The summed E-state index contributed by atoms with van der Waals surface area (Å²) in [6.07, 6.45) is 3.57. The first-order chi connectivity index (χ1) is 9.35. The van der Waals surface area contributed by atoms with Crippen LogP contribution in [0.15, 0.2) is 41.7 Å². The number of nitrogens with zero attached hydrogens (tertiary/aromatic N) is 2. The summed E-state index contributed by atoms with van der Waals surface area (Å²) in [5.41, 5.74) is 3.47. The number of aromatic nitrogens is 1. The van der Waals surface area contributed by atoms with E-state index >= 15 is 0 Å². The van der Waals surface area contributed by atoms with Crippen molar-refractivity contribution in [1.82, 2.24) is 10.4 Å². The SMILES string of the molecule is COCCN=C(NN)Nc1cccc2cnccc12. The molecular weight excluding hydrogens is 242 g/mol. The zero-order chi connectivity index (χ0) is 13.5. The number of aliphatic imine (C=N–C) groups is 1. The zero-order valence-corrected chi connectivity index (χ0v) is 10.8. The lowest BCUT2D eigenvalue weighted by Crippen LogP contribution is -2.36. The Morgan fingerprint density at radius 3 is 3.11 bits per heavy atom. The summed E-state index contributed by atoms with van der Waals surface area (Å²) in [4.78, 5) is 8.36. The molecule has 2 aromatic rings. The maximum absolute atomic E-state index is 5.45. The number of benzene rings is 1. The van der Waals surface area contributed by atoms with Crippen LogP contribution >= 0.6 is 0 Å². The Morgan fingerprint density at radius 2 is 2.32 bits per heavy atom. The summed E-state index contributed by atoms with van der Waals surface area (Å²) in [6, 6.07) is 7.87. The third kappa shape index (κ3) is 3.40. The molecule has 0 saturated carbocycles. The minimum Gasteiger partial charge on any atom is -0.383 e. The molecule has 1 aromatic heterocycles. The van der Waals surface area contributed by atoms with E-state index < -0.39 is 0 Å². The first-order valence-corrected chi connectivity index (χ1v) is 5.95. The number of pyridine rings is 1. The molecule has 0 fully saturated rings. The van der Waals surface area contributed by atoms with E-state index in [0.717, 1.165) is 16.5 Å². The number of hydrogen-bond donors (Lipinski definition) is 3. The van der Waals surface area contributed by atoms with Crippen molar-refractivity contribution in [3.8, 4) is 0 Å². The van der Waals surface area contributed by atoms with Crippen LogP contribution in [0.5, 0.6) is 0 Å². The van der Waals surface area contributed by atoms with Crippen LogP contribution in [0.25, 0.3) is 10.8 Å². The van der Waals surface area contributed by atoms with Gasteiger partial charge in [0.15, 0.2) is 0 Å². The van der Waals surface area contributed by atoms with Gasteiger partial charge in [-0.05, 0) is 12.1 Å². The van der Waals surface area contributed by atoms with Gasteiger partial charge in [-0.15, -0.1) is 0 Å². The number of guanidine groups is 1. The van der Waals surface area contributed by atoms with Gasteiger partial charge < -0.3 is 10.1 Å². The van der Waals surface area contributed by atoms with Crippen molar-refractivity contribution in [3.05, 3.63) is 36.7 Å². The van der Waals surface area contributed by atoms with Crippen LogP contribution < -0.4 is 16.6 Å². The van der Waals surface area contributed by atoms with E-state index in [0.29, 0.717) is 19.1 Å². The molecule has 0 bridgehead atoms. The number of methoxy groups -OCH3 is 1. The summed E-state index contributed by atoms with van der Waals surface area (Å²) in [5.74, 6) is 5.95. The molecule has 1 aromatic carbocycles. The molecule has 0 aliphatic rings. The molecule has 0 saturated heterocycles. The predicted molar refractivity (Wildman–Crippen MR) is 76.9 cm³/mol. The molecule has 6 nitrogen and oxygen atoms in total. The highest BCUT2D eigenvalue weighted by molar-refractivity contribution is 6.02. The fourth-order valence-electron chi connectivity index (χ4n) is 1.73. The van der Waals surface area contributed by atoms with Crippen molar-refractivity contribution in [2.75, 3.05) is 25.6 Å². The van der Waals surface area contributed by atoms with E-state index in [1.807, 2.05) is 30.5 Å². The van der Waals surface area contributed by atoms with Crippen molar-refractivity contribution >= 4 is 22.4 Å². The second kappa shape index (κ2) is 6.67. The fraction of sp³-hybridized carbons (Fsp3) is 0.231. The molecule has 0 amide bonds. The van der Waals surface area contributed by atoms with E-state index in [1.54, 1.807) is 13.3 Å². The number of nitrogens with one attached hydrogen (secondary N) is 2. The standard InChI is InChI=1S/C13H17N5O/c1-19-8-7-16-13(18-14)17-12-4-2-3-10-9-15-6-5-11(10)12/h2-6,9H,7-8,14H2,1H3,(H2,16,17,18). The van der Waals surface area contributed by atoms with E-state index in [4.69, 9.17) is 10.6 Å². The van der Waals surface area contributed by atoms with E-state index in [9.17, 15) is 0 Å². The quantitative estimate of drug-likeness (QED) is 0.252. The minimum atomic E-state index is 0.501. The van der Waals surface area contributed by atoms with Gasteiger partial charge >= 0.3 is 0 Å². The van der Waals surface area contributed by atoms with Crippen LogP contribution in [0.1, 0.15) is 0 Å². The van der Waals surface area contributed by atoms with Crippen LogP contribution in [0, 0.1) is 0 Å². The Hall–Kier alpha value is -2.18. The molecule has 0 aliphatic heterocycles. The molecule has 0 radical (unpaired) electrons. The van der Waals surface area contributed by atoms with Crippen LogP contribution in [-0.2, 0) is 4.74 Å². The number of hydrazine groups is 1. The van der Waals surface area contributed by atoms with Gasteiger partial charge in [-0.1, -0.05) is 12.1 Å². The lowest BCUT2D eigenvalue weighted by molar-refractivity contribution is 0.208. The fourth-order valence-corrected chi connectivity index (χ4v) is 1.73. The van der Waals surface area contributed by atoms with Crippen LogP contribution in [-0.4, -0.2) is 31.2 Å². The number of anilines is 1. The van der Waals surface area contributed by atoms with E-state index in [-0.39, 0.29) is 0 Å². The Labute approximate surface area is 111 Å². The first-order valence-electron chi connectivity index (χ1n) is 5.95. The summed E-state index contributed by atoms with van der Waals surface area (Å²) in [6.45, 7) is 1.08. The van der Waals surface area contributed by atoms with Gasteiger partial charge in [0, 0.05) is 36.0 Å². The van der Waals surface area contributed by atoms with Crippen LogP contribution in [0.4, 0.5) is 5.69 Å². The maximum Gasteiger partial charge on any atom is 0.210 e. The first kappa shape index (κ1) is 13.3. The van der Waals surface area contributed by atoms with Gasteiger partial charge in [0.25, 0.3) is 0 Å². The summed E-state index contributed by atoms with van der Waals surface area (Å²) < 4.78 is 4.95. The van der Waals surface area contributed by atoms with Gasteiger partial charge in [0.05, 0.1) is 13.2 Å². The van der Waals surface area contributed by atoms with Crippen LogP contribution in [0.2, 0.25) is 0 Å². The third-order valence-electron chi connectivity index (χ3n) is 2.64. The zero-order valence-electron chi connectivity index (χ0n) is 10.8. The van der Waals surface area contributed by atoms with Crippen molar-refractivity contribution in [1.29, 1.82) is 0 Å². The molecule has 0 atom stereocenters. The number of fused-ring (bicyclic) bond motifs is 1. The Morgan fingerprint density at radius 1 is 1.42 bits per heavy atom. The van der Waals surface area contributed by atoms with Gasteiger partial charge in [0.1, 0.15) is 0 Å². The lowest BCUT2D eigenvalue weighted by Gasteiger charge is -2.11. The molecule has 2 rings (SSSR count). The smallest absolute Gasteiger partial charge is 0.210 e. The molecule has 1 heterocycles. The molecular formula is C13H17N5O. The Balaban J connectivity index is 2.22. The minimum absolute atomic E-state index is 0.501. The highest BCUT2D eigenvalue weighted by Gasteiger charge is 2.02. The molecule has 100 valence electrons. The number of ether oxygens (including phenoxy) is 1. The van der Waals surface area contributed by atoms with Crippen molar-refractivity contribution in [2.45, 2.75) is 0 Å². The van der Waals surface area contributed by atoms with Crippen molar-refractivity contribution < 1.29 is 4.74 Å². The second-order valence-corrected chi connectivity index (χ2v) is 3.89. The van der Waals surface area contributed by atoms with Crippen molar-refractivity contribution in [2.24, 2.45) is 10.8 Å². The third-order valence-corrected chi connectivity index (χ3v) is 2.64. The summed E-state index contributed by atoms with van der Waals surface area (Å²) in [7, 11) is 1.64. The highest BCUT2D eigenvalue weighted by Crippen LogP contribution is 2.21. The Bertz CT molecular complexity index is 564. The lowest BCUT2D eigenvalue weighted by atomic mass is 10.1. The average molecular weight is 259 g/mol. The van der Waals surface area contributed by atoms with Gasteiger partial charge in [-0.3, -0.25) is 10.4 Å². The number of hydrogen-bond acceptors (Lipinski definition) is 4. The molecule has 4 N–H and O–H groups in total. The van der Waals surface area contributed by atoms with Crippen molar-refractivity contribution in [3.63, 3.8) is 0 Å². The largest absolute Gasteiger partial charge is 0.383 e. The topological polar surface area (TPSA) is 84.6 Å². The van der Waals surface area contributed by atoms with Gasteiger partial charge in [0.2, 0.25) is 5.96 Å².